The van der Waals surface area contributed by atoms with Gasteiger partial charge in [-0.1, -0.05) is 33.6 Å². The lowest BCUT2D eigenvalue weighted by Crippen LogP contribution is -1.81. The number of halogens is 2. The fourth-order valence-electron chi connectivity index (χ4n) is 1.31. The molecule has 0 fully saturated rings. The van der Waals surface area contributed by atoms with Crippen LogP contribution in [0.25, 0.3) is 10.4 Å². The zero-order valence-electron chi connectivity index (χ0n) is 8.00. The number of rotatable bonds is 1. The molecular weight excluding hydrogens is 308 g/mol. The number of hydrogen-bond donors (Lipinski definition) is 1. The zero-order chi connectivity index (χ0) is 11.7. The Hall–Kier alpha value is -1.02. The lowest BCUT2D eigenvalue weighted by molar-refractivity contribution is 1.52. The normalized spacial score (nSPS) is 10.1. The fraction of sp³-hybridized carbons (Fsp3) is 0. The Labute approximate surface area is 110 Å². The molecule has 0 unspecified atom stereocenters. The van der Waals surface area contributed by atoms with Crippen molar-refractivity contribution < 1.29 is 0 Å². The molecule has 0 amide bonds. The summed E-state index contributed by atoms with van der Waals surface area (Å²) in [5, 5.41) is 9.47. The average Bonchev–Trinajstić information content (AvgIpc) is 2.59. The van der Waals surface area contributed by atoms with E-state index in [1.807, 2.05) is 18.2 Å². The lowest BCUT2D eigenvalue weighted by atomic mass is 10.2. The van der Waals surface area contributed by atoms with Crippen LogP contribution in [0.2, 0.25) is 5.02 Å². The highest BCUT2D eigenvalue weighted by atomic mass is 79.9. The molecule has 0 aliphatic rings. The van der Waals surface area contributed by atoms with Crippen molar-refractivity contribution >= 4 is 44.6 Å². The molecule has 80 valence electrons. The van der Waals surface area contributed by atoms with E-state index in [0.717, 1.165) is 14.9 Å². The first-order chi connectivity index (χ1) is 7.61. The first-order valence-electron chi connectivity index (χ1n) is 4.36. The van der Waals surface area contributed by atoms with E-state index in [1.165, 1.54) is 11.3 Å². The average molecular weight is 314 g/mol. The Kier molecular flexibility index (Phi) is 3.20. The van der Waals surface area contributed by atoms with Gasteiger partial charge in [-0.25, -0.2) is 0 Å². The predicted octanol–water partition coefficient (Wildman–Crippen LogP) is 4.28. The monoisotopic (exact) mass is 312 g/mol. The number of nitrogens with zero attached hydrogens (tertiary/aromatic N) is 1. The molecule has 1 aromatic heterocycles. The summed E-state index contributed by atoms with van der Waals surface area (Å²) >= 11 is 10.8. The molecule has 16 heavy (non-hydrogen) atoms. The van der Waals surface area contributed by atoms with E-state index in [-0.39, 0.29) is 0 Å². The maximum atomic E-state index is 8.83. The van der Waals surface area contributed by atoms with Crippen LogP contribution in [0.5, 0.6) is 0 Å². The number of nitrogen functional groups attached to an aromatic ring is 1. The van der Waals surface area contributed by atoms with E-state index in [2.05, 4.69) is 22.0 Å². The molecule has 0 saturated carbocycles. The molecule has 1 aromatic carbocycles. The third kappa shape index (κ3) is 2.07. The molecule has 0 spiro atoms. The second-order valence-electron chi connectivity index (χ2n) is 3.13. The summed E-state index contributed by atoms with van der Waals surface area (Å²) in [6, 6.07) is 9.46. The molecule has 1 heterocycles. The standard InChI is InChI=1S/C11H6BrClN2S/c12-6-1-2-7(8(13)3-6)10-4-9(15)11(5-14)16-10/h1-4H,15H2. The van der Waals surface area contributed by atoms with Crippen LogP contribution in [0.4, 0.5) is 5.69 Å². The molecule has 0 aliphatic heterocycles. The minimum absolute atomic E-state index is 0.501. The number of nitriles is 1. The van der Waals surface area contributed by atoms with Gasteiger partial charge in [-0.2, -0.15) is 5.26 Å². The summed E-state index contributed by atoms with van der Waals surface area (Å²) in [6.45, 7) is 0. The molecule has 0 aliphatic carbocycles. The number of benzene rings is 1. The van der Waals surface area contributed by atoms with Crippen LogP contribution in [0.3, 0.4) is 0 Å². The van der Waals surface area contributed by atoms with Gasteiger partial charge in [-0.3, -0.25) is 0 Å². The molecule has 0 atom stereocenters. The summed E-state index contributed by atoms with van der Waals surface area (Å²) in [5.74, 6) is 0. The van der Waals surface area contributed by atoms with Gasteiger partial charge in [0.05, 0.1) is 10.7 Å². The van der Waals surface area contributed by atoms with Crippen molar-refractivity contribution in [1.82, 2.24) is 0 Å². The van der Waals surface area contributed by atoms with Crippen molar-refractivity contribution in [2.75, 3.05) is 5.73 Å². The highest BCUT2D eigenvalue weighted by Crippen LogP contribution is 2.37. The first kappa shape index (κ1) is 11.5. The summed E-state index contributed by atoms with van der Waals surface area (Å²) in [7, 11) is 0. The number of nitrogens with two attached hydrogens (primary N) is 1. The topological polar surface area (TPSA) is 49.8 Å². The van der Waals surface area contributed by atoms with Crippen LogP contribution in [0.1, 0.15) is 4.88 Å². The van der Waals surface area contributed by atoms with E-state index in [0.29, 0.717) is 15.6 Å². The number of anilines is 1. The van der Waals surface area contributed by atoms with Crippen LogP contribution >= 0.6 is 38.9 Å². The second kappa shape index (κ2) is 4.46. The second-order valence-corrected chi connectivity index (χ2v) is 5.51. The van der Waals surface area contributed by atoms with Crippen molar-refractivity contribution in [3.8, 4) is 16.5 Å². The molecule has 0 bridgehead atoms. The first-order valence-corrected chi connectivity index (χ1v) is 6.35. The van der Waals surface area contributed by atoms with Gasteiger partial charge in [0.15, 0.2) is 0 Å². The Balaban J connectivity index is 2.55. The molecular formula is C11H6BrClN2S. The largest absolute Gasteiger partial charge is 0.397 e. The van der Waals surface area contributed by atoms with Gasteiger partial charge >= 0.3 is 0 Å². The van der Waals surface area contributed by atoms with Crippen LogP contribution in [0.15, 0.2) is 28.7 Å². The van der Waals surface area contributed by atoms with Crippen molar-refractivity contribution in [2.45, 2.75) is 0 Å². The molecule has 2 aromatic rings. The van der Waals surface area contributed by atoms with Gasteiger partial charge < -0.3 is 5.73 Å². The van der Waals surface area contributed by atoms with E-state index in [1.54, 1.807) is 6.07 Å². The predicted molar refractivity (Wildman–Crippen MR) is 71.6 cm³/mol. The van der Waals surface area contributed by atoms with E-state index in [9.17, 15) is 0 Å². The van der Waals surface area contributed by atoms with Gasteiger partial charge in [0.1, 0.15) is 10.9 Å². The molecule has 2 N–H and O–H groups in total. The smallest absolute Gasteiger partial charge is 0.128 e. The van der Waals surface area contributed by atoms with Gasteiger partial charge in [0.25, 0.3) is 0 Å². The van der Waals surface area contributed by atoms with Gasteiger partial charge in [0, 0.05) is 14.9 Å². The SMILES string of the molecule is N#Cc1sc(-c2ccc(Br)cc2Cl)cc1N. The quantitative estimate of drug-likeness (QED) is 0.854. The maximum Gasteiger partial charge on any atom is 0.128 e. The maximum absolute atomic E-state index is 8.83. The Morgan fingerprint density at radius 3 is 2.69 bits per heavy atom. The molecule has 2 rings (SSSR count). The van der Waals surface area contributed by atoms with Crippen LogP contribution in [-0.4, -0.2) is 0 Å². The highest BCUT2D eigenvalue weighted by Gasteiger charge is 2.10. The lowest BCUT2D eigenvalue weighted by Gasteiger charge is -2.00. The summed E-state index contributed by atoms with van der Waals surface area (Å²) in [6.07, 6.45) is 0. The Morgan fingerprint density at radius 1 is 1.38 bits per heavy atom. The fourth-order valence-corrected chi connectivity index (χ4v) is 3.06. The van der Waals surface area contributed by atoms with Crippen LogP contribution in [0, 0.1) is 11.3 Å². The van der Waals surface area contributed by atoms with Crippen LogP contribution < -0.4 is 5.73 Å². The Morgan fingerprint density at radius 2 is 2.12 bits per heavy atom. The van der Waals surface area contributed by atoms with Gasteiger partial charge in [0.2, 0.25) is 0 Å². The molecule has 0 saturated heterocycles. The third-order valence-electron chi connectivity index (χ3n) is 2.06. The third-order valence-corrected chi connectivity index (χ3v) is 3.95. The summed E-state index contributed by atoms with van der Waals surface area (Å²) in [5.41, 5.74) is 7.10. The highest BCUT2D eigenvalue weighted by molar-refractivity contribution is 9.10. The van der Waals surface area contributed by atoms with E-state index in [4.69, 9.17) is 22.6 Å². The van der Waals surface area contributed by atoms with E-state index < -0.39 is 0 Å². The van der Waals surface area contributed by atoms with Crippen molar-refractivity contribution in [1.29, 1.82) is 5.26 Å². The van der Waals surface area contributed by atoms with E-state index >= 15 is 0 Å². The summed E-state index contributed by atoms with van der Waals surface area (Å²) in [4.78, 5) is 1.43. The number of hydrogen-bond acceptors (Lipinski definition) is 3. The van der Waals surface area contributed by atoms with Gasteiger partial charge in [-0.05, 0) is 18.2 Å². The van der Waals surface area contributed by atoms with Gasteiger partial charge in [-0.15, -0.1) is 11.3 Å². The van der Waals surface area contributed by atoms with Crippen molar-refractivity contribution in [3.05, 3.63) is 38.6 Å². The molecule has 5 heteroatoms. The summed E-state index contributed by atoms with van der Waals surface area (Å²) < 4.78 is 0.922. The molecule has 2 nitrogen and oxygen atoms in total. The van der Waals surface area contributed by atoms with Crippen molar-refractivity contribution in [3.63, 3.8) is 0 Å². The number of thiophene rings is 1. The zero-order valence-corrected chi connectivity index (χ0v) is 11.2. The Bertz CT molecular complexity index is 586. The minimum Gasteiger partial charge on any atom is -0.397 e. The molecule has 0 radical (unpaired) electrons. The van der Waals surface area contributed by atoms with Crippen molar-refractivity contribution in [2.24, 2.45) is 0 Å². The minimum atomic E-state index is 0.501. The van der Waals surface area contributed by atoms with Crippen LogP contribution in [-0.2, 0) is 0 Å².